The molecule has 0 spiro atoms. The Bertz CT molecular complexity index is 504. The number of aliphatic carboxylic acids is 2. The summed E-state index contributed by atoms with van der Waals surface area (Å²) in [5.74, 6) is -2.35. The largest absolute Gasteiger partial charge is 0.478 e. The van der Waals surface area contributed by atoms with Gasteiger partial charge in [0.25, 0.3) is 0 Å². The van der Waals surface area contributed by atoms with Crippen molar-refractivity contribution in [3.63, 3.8) is 0 Å². The van der Waals surface area contributed by atoms with Gasteiger partial charge in [-0.25, -0.2) is 14.0 Å². The number of rotatable bonds is 3. The standard InChI is InChI=1S/C9H7FO2.C5H8O2/c10-8-4-2-1-3-7(8)5-6-9(11)12;1-3-4(2)5(6)7/h1-6H,(H,11,12);3H,1-2H3,(H,6,7). The predicted molar refractivity (Wildman–Crippen MR) is 70.1 cm³/mol. The Balaban J connectivity index is 0.000000399. The zero-order valence-corrected chi connectivity index (χ0v) is 10.6. The lowest BCUT2D eigenvalue weighted by Crippen LogP contribution is -1.93. The van der Waals surface area contributed by atoms with Gasteiger partial charge >= 0.3 is 11.9 Å². The minimum Gasteiger partial charge on any atom is -0.478 e. The van der Waals surface area contributed by atoms with Crippen LogP contribution in [0, 0.1) is 5.82 Å². The number of benzene rings is 1. The maximum atomic E-state index is 12.8. The van der Waals surface area contributed by atoms with E-state index in [2.05, 4.69) is 0 Å². The Hall–Kier alpha value is -2.43. The Kier molecular flexibility index (Phi) is 7.53. The van der Waals surface area contributed by atoms with Gasteiger partial charge in [-0.1, -0.05) is 24.3 Å². The molecule has 0 bridgehead atoms. The Morgan fingerprint density at radius 3 is 2.16 bits per heavy atom. The molecule has 1 aromatic carbocycles. The molecule has 0 heterocycles. The zero-order chi connectivity index (χ0) is 14.8. The number of hydrogen-bond acceptors (Lipinski definition) is 2. The molecule has 102 valence electrons. The minimum absolute atomic E-state index is 0.278. The summed E-state index contributed by atoms with van der Waals surface area (Å²) in [5.41, 5.74) is 0.667. The SMILES string of the molecule is CC=C(C)C(=O)O.O=C(O)C=Cc1ccccc1F. The lowest BCUT2D eigenvalue weighted by molar-refractivity contribution is -0.133. The van der Waals surface area contributed by atoms with Crippen molar-refractivity contribution >= 4 is 18.0 Å². The molecule has 5 heteroatoms. The molecular formula is C14H15FO4. The monoisotopic (exact) mass is 266 g/mol. The van der Waals surface area contributed by atoms with Crippen LogP contribution in [0.1, 0.15) is 19.4 Å². The van der Waals surface area contributed by atoms with Gasteiger partial charge in [-0.2, -0.15) is 0 Å². The van der Waals surface area contributed by atoms with E-state index in [1.54, 1.807) is 32.1 Å². The van der Waals surface area contributed by atoms with Crippen molar-refractivity contribution in [2.45, 2.75) is 13.8 Å². The second kappa shape index (κ2) is 8.63. The van der Waals surface area contributed by atoms with E-state index in [1.165, 1.54) is 18.2 Å². The average Bonchev–Trinajstić information content (AvgIpc) is 2.37. The molecule has 4 nitrogen and oxygen atoms in total. The fourth-order valence-electron chi connectivity index (χ4n) is 0.895. The molecule has 0 aliphatic carbocycles. The van der Waals surface area contributed by atoms with Crippen LogP contribution in [0.2, 0.25) is 0 Å². The quantitative estimate of drug-likeness (QED) is 0.825. The molecule has 0 fully saturated rings. The van der Waals surface area contributed by atoms with Crippen LogP contribution >= 0.6 is 0 Å². The molecule has 1 aromatic rings. The van der Waals surface area contributed by atoms with E-state index < -0.39 is 17.8 Å². The third kappa shape index (κ3) is 7.49. The lowest BCUT2D eigenvalue weighted by Gasteiger charge is -1.92. The number of halogens is 1. The summed E-state index contributed by atoms with van der Waals surface area (Å²) in [5, 5.41) is 16.4. The van der Waals surface area contributed by atoms with Crippen molar-refractivity contribution in [3.05, 3.63) is 53.4 Å². The van der Waals surface area contributed by atoms with Crippen molar-refractivity contribution in [1.82, 2.24) is 0 Å². The van der Waals surface area contributed by atoms with Gasteiger partial charge in [0.05, 0.1) is 0 Å². The van der Waals surface area contributed by atoms with Crippen LogP contribution in [0.3, 0.4) is 0 Å². The number of hydrogen-bond donors (Lipinski definition) is 2. The first-order valence-electron chi connectivity index (χ1n) is 5.40. The van der Waals surface area contributed by atoms with E-state index in [0.717, 1.165) is 6.08 Å². The number of carbonyl (C=O) groups is 2. The first-order valence-corrected chi connectivity index (χ1v) is 5.40. The van der Waals surface area contributed by atoms with E-state index in [0.29, 0.717) is 5.57 Å². The molecule has 1 rings (SSSR count). The average molecular weight is 266 g/mol. The molecule has 0 saturated carbocycles. The molecule has 0 saturated heterocycles. The molecule has 2 N–H and O–H groups in total. The third-order valence-corrected chi connectivity index (χ3v) is 2.08. The summed E-state index contributed by atoms with van der Waals surface area (Å²) in [7, 11) is 0. The number of carboxylic acids is 2. The van der Waals surface area contributed by atoms with Gasteiger partial charge < -0.3 is 10.2 Å². The number of allylic oxidation sites excluding steroid dienone is 1. The van der Waals surface area contributed by atoms with Gasteiger partial charge in [0.1, 0.15) is 5.82 Å². The number of carboxylic acid groups (broad SMARTS) is 2. The van der Waals surface area contributed by atoms with Crippen molar-refractivity contribution in [1.29, 1.82) is 0 Å². The van der Waals surface area contributed by atoms with Crippen LogP contribution in [0.15, 0.2) is 42.0 Å². The van der Waals surface area contributed by atoms with Gasteiger partial charge in [-0.05, 0) is 26.0 Å². The zero-order valence-electron chi connectivity index (χ0n) is 10.6. The van der Waals surface area contributed by atoms with E-state index in [-0.39, 0.29) is 5.56 Å². The molecule has 19 heavy (non-hydrogen) atoms. The van der Waals surface area contributed by atoms with Crippen molar-refractivity contribution in [2.75, 3.05) is 0 Å². The first kappa shape index (κ1) is 16.6. The van der Waals surface area contributed by atoms with Gasteiger partial charge in [-0.3, -0.25) is 0 Å². The van der Waals surface area contributed by atoms with Crippen molar-refractivity contribution < 1.29 is 24.2 Å². The van der Waals surface area contributed by atoms with Crippen molar-refractivity contribution in [2.24, 2.45) is 0 Å². The fourth-order valence-corrected chi connectivity index (χ4v) is 0.895. The summed E-state index contributed by atoms with van der Waals surface area (Å²) in [6, 6.07) is 5.98. The van der Waals surface area contributed by atoms with Crippen molar-refractivity contribution in [3.8, 4) is 0 Å². The maximum Gasteiger partial charge on any atom is 0.330 e. The molecule has 0 amide bonds. The highest BCUT2D eigenvalue weighted by Gasteiger charge is 1.95. The molecule has 0 aliphatic rings. The molecular weight excluding hydrogens is 251 g/mol. The van der Waals surface area contributed by atoms with E-state index in [4.69, 9.17) is 10.2 Å². The van der Waals surface area contributed by atoms with Gasteiger partial charge in [-0.15, -0.1) is 0 Å². The highest BCUT2D eigenvalue weighted by Crippen LogP contribution is 2.07. The second-order valence-corrected chi connectivity index (χ2v) is 3.47. The summed E-state index contributed by atoms with van der Waals surface area (Å²) in [6.45, 7) is 3.26. The topological polar surface area (TPSA) is 74.6 Å². The Morgan fingerprint density at radius 2 is 1.79 bits per heavy atom. The molecule has 0 unspecified atom stereocenters. The summed E-state index contributed by atoms with van der Waals surface area (Å²) < 4.78 is 12.8. The predicted octanol–water partition coefficient (Wildman–Crippen LogP) is 2.96. The van der Waals surface area contributed by atoms with Crippen LogP contribution in [0.25, 0.3) is 6.08 Å². The maximum absolute atomic E-state index is 12.8. The van der Waals surface area contributed by atoms with Gasteiger partial charge in [0.15, 0.2) is 0 Å². The van der Waals surface area contributed by atoms with Crippen LogP contribution < -0.4 is 0 Å². The smallest absolute Gasteiger partial charge is 0.330 e. The minimum atomic E-state index is -1.08. The van der Waals surface area contributed by atoms with Gasteiger partial charge in [0, 0.05) is 17.2 Å². The highest BCUT2D eigenvalue weighted by atomic mass is 19.1. The molecule has 0 atom stereocenters. The van der Waals surface area contributed by atoms with E-state index in [9.17, 15) is 14.0 Å². The van der Waals surface area contributed by atoms with Gasteiger partial charge in [0.2, 0.25) is 0 Å². The van der Waals surface area contributed by atoms with Crippen LogP contribution in [-0.4, -0.2) is 22.2 Å². The van der Waals surface area contributed by atoms with E-state index in [1.807, 2.05) is 0 Å². The second-order valence-electron chi connectivity index (χ2n) is 3.47. The van der Waals surface area contributed by atoms with Crippen LogP contribution in [0.4, 0.5) is 4.39 Å². The molecule has 0 aliphatic heterocycles. The highest BCUT2D eigenvalue weighted by molar-refractivity contribution is 5.85. The molecule has 0 aromatic heterocycles. The summed E-state index contributed by atoms with van der Waals surface area (Å²) >= 11 is 0. The van der Waals surface area contributed by atoms with E-state index >= 15 is 0 Å². The fraction of sp³-hybridized carbons (Fsp3) is 0.143. The van der Waals surface area contributed by atoms with Crippen LogP contribution in [-0.2, 0) is 9.59 Å². The third-order valence-electron chi connectivity index (χ3n) is 2.08. The Morgan fingerprint density at radius 1 is 1.21 bits per heavy atom. The normalized spacial score (nSPS) is 10.8. The Labute approximate surface area is 110 Å². The summed E-state index contributed by atoms with van der Waals surface area (Å²) in [4.78, 5) is 19.9. The van der Waals surface area contributed by atoms with Crippen LogP contribution in [0.5, 0.6) is 0 Å². The molecule has 0 radical (unpaired) electrons. The summed E-state index contributed by atoms with van der Waals surface area (Å²) in [6.07, 6.45) is 3.68. The first-order chi connectivity index (χ1) is 8.88. The lowest BCUT2D eigenvalue weighted by atomic mass is 10.2.